The number of aliphatic hydroxyl groups is 1. The van der Waals surface area contributed by atoms with Crippen molar-refractivity contribution in [1.29, 1.82) is 0 Å². The van der Waals surface area contributed by atoms with Gasteiger partial charge in [-0.15, -0.1) is 0 Å². The molecule has 1 saturated carbocycles. The summed E-state index contributed by atoms with van der Waals surface area (Å²) in [6, 6.07) is -0.693. The van der Waals surface area contributed by atoms with Gasteiger partial charge < -0.3 is 10.8 Å². The Bertz CT molecular complexity index is 238. The number of carbonyl (C=O) groups excluding carboxylic acids is 2. The van der Waals surface area contributed by atoms with E-state index in [1.807, 2.05) is 0 Å². The molecule has 1 aliphatic carbocycles. The second-order valence-corrected chi connectivity index (χ2v) is 3.98. The number of ketones is 2. The van der Waals surface area contributed by atoms with Crippen LogP contribution in [0.2, 0.25) is 0 Å². The Labute approximate surface area is 83.5 Å². The molecule has 0 radical (unpaired) electrons. The van der Waals surface area contributed by atoms with Gasteiger partial charge in [-0.25, -0.2) is 0 Å². The van der Waals surface area contributed by atoms with E-state index in [4.69, 9.17) is 10.8 Å². The quantitative estimate of drug-likeness (QED) is 0.669. The molecule has 0 aromatic carbocycles. The van der Waals surface area contributed by atoms with E-state index in [1.165, 1.54) is 6.92 Å². The van der Waals surface area contributed by atoms with Crippen molar-refractivity contribution in [2.24, 2.45) is 11.7 Å². The Kier molecular flexibility index (Phi) is 3.77. The fraction of sp³-hybridized carbons (Fsp3) is 0.800. The predicted octanol–water partition coefficient (Wildman–Crippen LogP) is 0.0229. The first-order chi connectivity index (χ1) is 6.52. The van der Waals surface area contributed by atoms with Gasteiger partial charge in [-0.1, -0.05) is 0 Å². The van der Waals surface area contributed by atoms with Gasteiger partial charge in [0.15, 0.2) is 5.78 Å². The van der Waals surface area contributed by atoms with Crippen LogP contribution in [0.1, 0.15) is 32.6 Å². The maximum Gasteiger partial charge on any atom is 0.177 e. The molecule has 4 nitrogen and oxygen atoms in total. The molecule has 0 aromatic rings. The van der Waals surface area contributed by atoms with Gasteiger partial charge in [-0.3, -0.25) is 9.59 Å². The maximum atomic E-state index is 11.3. The molecular weight excluding hydrogens is 182 g/mol. The Morgan fingerprint density at radius 3 is 2.79 bits per heavy atom. The van der Waals surface area contributed by atoms with Crippen LogP contribution in [0.5, 0.6) is 0 Å². The van der Waals surface area contributed by atoms with Crippen LogP contribution >= 0.6 is 0 Å². The van der Waals surface area contributed by atoms with Crippen molar-refractivity contribution >= 4 is 11.6 Å². The summed E-state index contributed by atoms with van der Waals surface area (Å²) in [7, 11) is 0. The summed E-state index contributed by atoms with van der Waals surface area (Å²) in [5.41, 5.74) is 5.60. The molecule has 80 valence electrons. The standard InChI is InChI=1S/C10H17NO3/c1-6(12)10(14)8(11)5-7-3-2-4-9(7)13/h6-8,12H,2-5,11H2,1H3/t6?,7-,8-/m0/s1. The highest BCUT2D eigenvalue weighted by molar-refractivity contribution is 5.89. The van der Waals surface area contributed by atoms with E-state index in [9.17, 15) is 9.59 Å². The fourth-order valence-corrected chi connectivity index (χ4v) is 1.87. The van der Waals surface area contributed by atoms with Crippen LogP contribution in [0.25, 0.3) is 0 Å². The van der Waals surface area contributed by atoms with Gasteiger partial charge >= 0.3 is 0 Å². The second kappa shape index (κ2) is 4.66. The second-order valence-electron chi connectivity index (χ2n) is 3.98. The Hall–Kier alpha value is -0.740. The lowest BCUT2D eigenvalue weighted by atomic mass is 9.94. The normalized spacial score (nSPS) is 26.2. The van der Waals surface area contributed by atoms with E-state index in [-0.39, 0.29) is 17.5 Å². The van der Waals surface area contributed by atoms with Gasteiger partial charge in [0.2, 0.25) is 0 Å². The minimum Gasteiger partial charge on any atom is -0.386 e. The highest BCUT2D eigenvalue weighted by Gasteiger charge is 2.29. The average Bonchev–Trinajstić information content (AvgIpc) is 2.50. The van der Waals surface area contributed by atoms with E-state index >= 15 is 0 Å². The molecule has 3 atom stereocenters. The van der Waals surface area contributed by atoms with Crippen LogP contribution in [0.3, 0.4) is 0 Å². The average molecular weight is 199 g/mol. The number of hydrogen-bond donors (Lipinski definition) is 2. The van der Waals surface area contributed by atoms with Crippen molar-refractivity contribution in [3.63, 3.8) is 0 Å². The molecule has 0 saturated heterocycles. The first-order valence-electron chi connectivity index (χ1n) is 5.02. The van der Waals surface area contributed by atoms with Gasteiger partial charge in [-0.05, 0) is 26.2 Å². The Morgan fingerprint density at radius 2 is 2.36 bits per heavy atom. The minimum atomic E-state index is -1.03. The van der Waals surface area contributed by atoms with Crippen molar-refractivity contribution in [3.05, 3.63) is 0 Å². The van der Waals surface area contributed by atoms with Crippen molar-refractivity contribution in [2.75, 3.05) is 0 Å². The zero-order valence-electron chi connectivity index (χ0n) is 8.40. The minimum absolute atomic E-state index is 0.0623. The van der Waals surface area contributed by atoms with Crippen molar-refractivity contribution < 1.29 is 14.7 Å². The smallest absolute Gasteiger partial charge is 0.177 e. The Balaban J connectivity index is 2.43. The molecule has 1 rings (SSSR count). The van der Waals surface area contributed by atoms with E-state index in [0.717, 1.165) is 12.8 Å². The van der Waals surface area contributed by atoms with Crippen LogP contribution < -0.4 is 5.73 Å². The monoisotopic (exact) mass is 199 g/mol. The third-order valence-electron chi connectivity index (χ3n) is 2.75. The van der Waals surface area contributed by atoms with Gasteiger partial charge in [0.25, 0.3) is 0 Å². The molecule has 1 aliphatic rings. The van der Waals surface area contributed by atoms with Gasteiger partial charge in [-0.2, -0.15) is 0 Å². The topological polar surface area (TPSA) is 80.4 Å². The van der Waals surface area contributed by atoms with Crippen molar-refractivity contribution in [1.82, 2.24) is 0 Å². The van der Waals surface area contributed by atoms with Gasteiger partial charge in [0.1, 0.15) is 11.9 Å². The molecule has 1 unspecified atom stereocenters. The molecular formula is C10H17NO3. The highest BCUT2D eigenvalue weighted by Crippen LogP contribution is 2.25. The molecule has 14 heavy (non-hydrogen) atoms. The molecule has 0 aliphatic heterocycles. The summed E-state index contributed by atoms with van der Waals surface area (Å²) >= 11 is 0. The van der Waals surface area contributed by atoms with E-state index in [1.54, 1.807) is 0 Å². The molecule has 4 heteroatoms. The third kappa shape index (κ3) is 2.62. The molecule has 0 bridgehead atoms. The zero-order valence-corrected chi connectivity index (χ0v) is 8.40. The Morgan fingerprint density at radius 1 is 1.71 bits per heavy atom. The molecule has 1 fully saturated rings. The van der Waals surface area contributed by atoms with Gasteiger partial charge in [0.05, 0.1) is 6.04 Å². The number of rotatable bonds is 4. The molecule has 3 N–H and O–H groups in total. The molecule has 0 aromatic heterocycles. The summed E-state index contributed by atoms with van der Waals surface area (Å²) < 4.78 is 0. The SMILES string of the molecule is CC(O)C(=O)[C@@H](N)C[C@@H]1CCCC1=O. The number of hydrogen-bond acceptors (Lipinski definition) is 4. The number of aliphatic hydroxyl groups excluding tert-OH is 1. The lowest BCUT2D eigenvalue weighted by Crippen LogP contribution is -2.39. The molecule has 0 amide bonds. The number of Topliss-reactive ketones (excluding diaryl/α,β-unsaturated/α-hetero) is 2. The first kappa shape index (κ1) is 11.3. The largest absolute Gasteiger partial charge is 0.386 e. The van der Waals surface area contributed by atoms with Crippen LogP contribution in [0.4, 0.5) is 0 Å². The summed E-state index contributed by atoms with van der Waals surface area (Å²) in [4.78, 5) is 22.5. The lowest BCUT2D eigenvalue weighted by Gasteiger charge is -2.15. The van der Waals surface area contributed by atoms with Crippen LogP contribution in [0, 0.1) is 5.92 Å². The van der Waals surface area contributed by atoms with Crippen molar-refractivity contribution in [2.45, 2.75) is 44.8 Å². The fourth-order valence-electron chi connectivity index (χ4n) is 1.87. The van der Waals surface area contributed by atoms with Crippen LogP contribution in [-0.4, -0.2) is 28.8 Å². The van der Waals surface area contributed by atoms with E-state index < -0.39 is 12.1 Å². The molecule has 0 spiro atoms. The van der Waals surface area contributed by atoms with Gasteiger partial charge in [0, 0.05) is 12.3 Å². The summed E-state index contributed by atoms with van der Waals surface area (Å²) in [6.45, 7) is 1.40. The summed E-state index contributed by atoms with van der Waals surface area (Å²) in [5, 5.41) is 9.02. The summed E-state index contributed by atoms with van der Waals surface area (Å²) in [5.74, 6) is -0.226. The predicted molar refractivity (Wildman–Crippen MR) is 51.6 cm³/mol. The molecule has 0 heterocycles. The zero-order chi connectivity index (χ0) is 10.7. The number of carbonyl (C=O) groups is 2. The summed E-state index contributed by atoms with van der Waals surface area (Å²) in [6.07, 6.45) is 1.71. The van der Waals surface area contributed by atoms with Crippen LogP contribution in [-0.2, 0) is 9.59 Å². The highest BCUT2D eigenvalue weighted by atomic mass is 16.3. The number of nitrogens with two attached hydrogens (primary N) is 1. The van der Waals surface area contributed by atoms with Crippen LogP contribution in [0.15, 0.2) is 0 Å². The first-order valence-corrected chi connectivity index (χ1v) is 5.02. The third-order valence-corrected chi connectivity index (χ3v) is 2.75. The maximum absolute atomic E-state index is 11.3. The van der Waals surface area contributed by atoms with E-state index in [2.05, 4.69) is 0 Å². The van der Waals surface area contributed by atoms with Crippen molar-refractivity contribution in [3.8, 4) is 0 Å². The van der Waals surface area contributed by atoms with E-state index in [0.29, 0.717) is 12.8 Å². The lowest BCUT2D eigenvalue weighted by molar-refractivity contribution is -0.128.